The van der Waals surface area contributed by atoms with Crippen molar-refractivity contribution in [1.29, 1.82) is 0 Å². The smallest absolute Gasteiger partial charge is 0.164 e. The minimum atomic E-state index is 0.621. The minimum Gasteiger partial charge on any atom is -0.208 e. The van der Waals surface area contributed by atoms with Crippen LogP contribution in [-0.4, -0.2) is 15.0 Å². The first-order valence-electron chi connectivity index (χ1n) is 14.9. The van der Waals surface area contributed by atoms with Crippen molar-refractivity contribution < 1.29 is 0 Å². The topological polar surface area (TPSA) is 38.7 Å². The first kappa shape index (κ1) is 28.4. The van der Waals surface area contributed by atoms with Crippen molar-refractivity contribution in [2.24, 2.45) is 0 Å². The van der Waals surface area contributed by atoms with E-state index in [9.17, 15) is 0 Å². The fraction of sp³-hybridized carbons (Fsp3) is 0.0976. The summed E-state index contributed by atoms with van der Waals surface area (Å²) in [6.07, 6.45) is 3.43. The molecule has 0 saturated carbocycles. The molecule has 0 amide bonds. The molecule has 0 aliphatic heterocycles. The molecule has 3 nitrogen and oxygen atoms in total. The van der Waals surface area contributed by atoms with E-state index >= 15 is 0 Å². The van der Waals surface area contributed by atoms with Crippen molar-refractivity contribution in [3.63, 3.8) is 0 Å². The Labute approximate surface area is 259 Å². The Morgan fingerprint density at radius 2 is 0.750 bits per heavy atom. The van der Waals surface area contributed by atoms with Crippen molar-refractivity contribution in [3.05, 3.63) is 161 Å². The van der Waals surface area contributed by atoms with E-state index in [0.29, 0.717) is 17.5 Å². The van der Waals surface area contributed by atoms with E-state index in [2.05, 4.69) is 54.9 Å². The summed E-state index contributed by atoms with van der Waals surface area (Å²) in [5.74, 6) is 14.8. The molecule has 44 heavy (non-hydrogen) atoms. The molecule has 6 aromatic rings. The normalized spacial score (nSPS) is 10.3. The zero-order chi connectivity index (χ0) is 30.0. The quantitative estimate of drug-likeness (QED) is 0.189. The molecular weight excluding hydrogens is 534 g/mol. The van der Waals surface area contributed by atoms with E-state index in [4.69, 9.17) is 15.0 Å². The fourth-order valence-corrected chi connectivity index (χ4v) is 4.70. The Balaban J connectivity index is 1.33. The predicted molar refractivity (Wildman–Crippen MR) is 180 cm³/mol. The van der Waals surface area contributed by atoms with Crippen LogP contribution in [0.3, 0.4) is 0 Å². The molecule has 0 unspecified atom stereocenters. The number of hydrogen-bond acceptors (Lipinski definition) is 3. The number of unbranched alkanes of at least 4 members (excludes halogenated alkanes) is 1. The van der Waals surface area contributed by atoms with Gasteiger partial charge in [0, 0.05) is 38.9 Å². The third-order valence-electron chi connectivity index (χ3n) is 7.20. The highest BCUT2D eigenvalue weighted by Crippen LogP contribution is 2.25. The van der Waals surface area contributed by atoms with Crippen LogP contribution in [-0.2, 0) is 6.42 Å². The highest BCUT2D eigenvalue weighted by molar-refractivity contribution is 5.67. The van der Waals surface area contributed by atoms with Crippen LogP contribution < -0.4 is 0 Å². The van der Waals surface area contributed by atoms with Gasteiger partial charge >= 0.3 is 0 Å². The summed E-state index contributed by atoms with van der Waals surface area (Å²) in [6.45, 7) is 2.22. The molecule has 0 N–H and O–H groups in total. The summed E-state index contributed by atoms with van der Waals surface area (Å²) in [5.41, 5.74) is 7.94. The molecule has 1 heterocycles. The van der Waals surface area contributed by atoms with Crippen LogP contribution in [0.15, 0.2) is 133 Å². The SMILES string of the molecule is CCCCc1ccc(-c2nc(-c3ccc(C#Cc4ccccc4)cc3)nc(-c3ccc(C#Cc4ccccc4)cc3)n2)cc1. The molecule has 0 bridgehead atoms. The van der Waals surface area contributed by atoms with E-state index in [-0.39, 0.29) is 0 Å². The Bertz CT molecular complexity index is 1840. The summed E-state index contributed by atoms with van der Waals surface area (Å²) < 4.78 is 0. The van der Waals surface area contributed by atoms with E-state index in [1.165, 1.54) is 18.4 Å². The predicted octanol–water partition coefficient (Wildman–Crippen LogP) is 9.01. The standard InChI is InChI=1S/C41H31N3/c1-2-3-10-33-19-25-36(26-20-33)39-42-40(37-27-21-34(22-28-37)17-15-31-11-6-4-7-12-31)44-41(43-39)38-29-23-35(24-30-38)18-16-32-13-8-5-9-14-32/h4-9,11-14,19-30H,2-3,10H2,1H3. The van der Waals surface area contributed by atoms with E-state index in [0.717, 1.165) is 45.4 Å². The van der Waals surface area contributed by atoms with Crippen LogP contribution in [0.25, 0.3) is 34.2 Å². The maximum atomic E-state index is 4.91. The molecule has 0 spiro atoms. The molecular formula is C41H31N3. The number of aromatic nitrogens is 3. The minimum absolute atomic E-state index is 0.621. The van der Waals surface area contributed by atoms with Gasteiger partial charge in [0.15, 0.2) is 17.5 Å². The third-order valence-corrected chi connectivity index (χ3v) is 7.20. The Morgan fingerprint density at radius 3 is 1.11 bits per heavy atom. The second-order valence-corrected chi connectivity index (χ2v) is 10.5. The summed E-state index contributed by atoms with van der Waals surface area (Å²) in [4.78, 5) is 14.7. The number of benzene rings is 5. The maximum Gasteiger partial charge on any atom is 0.164 e. The average molecular weight is 566 g/mol. The van der Waals surface area contributed by atoms with Crippen molar-refractivity contribution in [1.82, 2.24) is 15.0 Å². The van der Waals surface area contributed by atoms with Crippen molar-refractivity contribution in [2.75, 3.05) is 0 Å². The van der Waals surface area contributed by atoms with Crippen LogP contribution in [0.4, 0.5) is 0 Å². The van der Waals surface area contributed by atoms with Crippen molar-refractivity contribution in [3.8, 4) is 57.8 Å². The van der Waals surface area contributed by atoms with Crippen LogP contribution >= 0.6 is 0 Å². The molecule has 5 aromatic carbocycles. The molecule has 210 valence electrons. The van der Waals surface area contributed by atoms with Crippen molar-refractivity contribution in [2.45, 2.75) is 26.2 Å². The molecule has 1 aromatic heterocycles. The van der Waals surface area contributed by atoms with Gasteiger partial charge < -0.3 is 0 Å². The summed E-state index contributed by atoms with van der Waals surface area (Å²) in [5, 5.41) is 0. The Kier molecular flexibility index (Phi) is 8.98. The van der Waals surface area contributed by atoms with Gasteiger partial charge in [-0.15, -0.1) is 0 Å². The van der Waals surface area contributed by atoms with E-state index in [1.54, 1.807) is 0 Å². The molecule has 0 aliphatic rings. The highest BCUT2D eigenvalue weighted by atomic mass is 15.0. The van der Waals surface area contributed by atoms with E-state index in [1.807, 2.05) is 109 Å². The molecule has 0 atom stereocenters. The van der Waals surface area contributed by atoms with Crippen LogP contribution in [0.2, 0.25) is 0 Å². The summed E-state index contributed by atoms with van der Waals surface area (Å²) in [7, 11) is 0. The molecule has 0 saturated heterocycles. The molecule has 6 rings (SSSR count). The van der Waals surface area contributed by atoms with Gasteiger partial charge in [0.05, 0.1) is 0 Å². The first-order chi connectivity index (χ1) is 21.7. The van der Waals surface area contributed by atoms with Gasteiger partial charge in [0.1, 0.15) is 0 Å². The largest absolute Gasteiger partial charge is 0.208 e. The van der Waals surface area contributed by atoms with Gasteiger partial charge in [-0.25, -0.2) is 15.0 Å². The first-order valence-corrected chi connectivity index (χ1v) is 14.9. The second kappa shape index (κ2) is 13.9. The lowest BCUT2D eigenvalue weighted by atomic mass is 10.1. The Morgan fingerprint density at radius 1 is 0.409 bits per heavy atom. The zero-order valence-corrected chi connectivity index (χ0v) is 24.7. The molecule has 0 radical (unpaired) electrons. The second-order valence-electron chi connectivity index (χ2n) is 10.5. The number of rotatable bonds is 6. The van der Waals surface area contributed by atoms with Gasteiger partial charge in [-0.3, -0.25) is 0 Å². The molecule has 3 heteroatoms. The summed E-state index contributed by atoms with van der Waals surface area (Å²) in [6, 6.07) is 44.7. The van der Waals surface area contributed by atoms with Gasteiger partial charge in [0.25, 0.3) is 0 Å². The fourth-order valence-electron chi connectivity index (χ4n) is 4.70. The van der Waals surface area contributed by atoms with Crippen LogP contribution in [0.5, 0.6) is 0 Å². The number of nitrogens with zero attached hydrogens (tertiary/aromatic N) is 3. The lowest BCUT2D eigenvalue weighted by molar-refractivity contribution is 0.795. The highest BCUT2D eigenvalue weighted by Gasteiger charge is 2.12. The van der Waals surface area contributed by atoms with Crippen LogP contribution in [0, 0.1) is 23.7 Å². The summed E-state index contributed by atoms with van der Waals surface area (Å²) >= 11 is 0. The van der Waals surface area contributed by atoms with Gasteiger partial charge in [-0.1, -0.05) is 97.7 Å². The zero-order valence-electron chi connectivity index (χ0n) is 24.7. The van der Waals surface area contributed by atoms with Gasteiger partial charge in [-0.2, -0.15) is 0 Å². The van der Waals surface area contributed by atoms with Gasteiger partial charge in [-0.05, 0) is 91.2 Å². The lowest BCUT2D eigenvalue weighted by Crippen LogP contribution is -2.00. The third kappa shape index (κ3) is 7.35. The van der Waals surface area contributed by atoms with E-state index < -0.39 is 0 Å². The maximum absolute atomic E-state index is 4.91. The van der Waals surface area contributed by atoms with Crippen LogP contribution in [0.1, 0.15) is 47.6 Å². The Hall–Kier alpha value is -5.77. The lowest BCUT2D eigenvalue weighted by Gasteiger charge is -2.09. The van der Waals surface area contributed by atoms with Crippen molar-refractivity contribution >= 4 is 0 Å². The number of aryl methyl sites for hydroxylation is 1. The monoisotopic (exact) mass is 565 g/mol. The molecule has 0 fully saturated rings. The van der Waals surface area contributed by atoms with Gasteiger partial charge in [0.2, 0.25) is 0 Å². The molecule has 0 aliphatic carbocycles. The number of hydrogen-bond donors (Lipinski definition) is 0. The average Bonchev–Trinajstić information content (AvgIpc) is 3.10.